The number of hydrogen-bond acceptors (Lipinski definition) is 3. The SMILES string of the molecule is CC1(NC(=O)C2COc3ccccc32)CCNCC1. The average Bonchev–Trinajstić information content (AvgIpc) is 2.83. The number of carbonyl (C=O) groups is 1. The molecule has 1 atom stereocenters. The molecule has 0 radical (unpaired) electrons. The fraction of sp³-hybridized carbons (Fsp3) is 0.533. The van der Waals surface area contributed by atoms with E-state index in [-0.39, 0.29) is 17.4 Å². The summed E-state index contributed by atoms with van der Waals surface area (Å²) < 4.78 is 5.58. The molecular formula is C15H20N2O2. The summed E-state index contributed by atoms with van der Waals surface area (Å²) in [5.41, 5.74) is 0.928. The van der Waals surface area contributed by atoms with Crippen LogP contribution in [0.4, 0.5) is 0 Å². The maximum absolute atomic E-state index is 12.5. The molecule has 2 aliphatic rings. The van der Waals surface area contributed by atoms with Crippen molar-refractivity contribution < 1.29 is 9.53 Å². The molecule has 1 unspecified atom stereocenters. The van der Waals surface area contributed by atoms with Crippen molar-refractivity contribution in [1.82, 2.24) is 10.6 Å². The number of piperidine rings is 1. The van der Waals surface area contributed by atoms with Crippen LogP contribution >= 0.6 is 0 Å². The van der Waals surface area contributed by atoms with Crippen LogP contribution in [0.5, 0.6) is 5.75 Å². The Morgan fingerprint density at radius 3 is 2.89 bits per heavy atom. The summed E-state index contributed by atoms with van der Waals surface area (Å²) in [6, 6.07) is 7.81. The van der Waals surface area contributed by atoms with Crippen LogP contribution in [-0.2, 0) is 4.79 Å². The number of hydrogen-bond donors (Lipinski definition) is 2. The fourth-order valence-electron chi connectivity index (χ4n) is 2.87. The minimum atomic E-state index is -0.164. The second-order valence-corrected chi connectivity index (χ2v) is 5.70. The van der Waals surface area contributed by atoms with Crippen LogP contribution in [0.25, 0.3) is 0 Å². The van der Waals surface area contributed by atoms with Gasteiger partial charge in [0, 0.05) is 11.1 Å². The van der Waals surface area contributed by atoms with Gasteiger partial charge in [-0.15, -0.1) is 0 Å². The van der Waals surface area contributed by atoms with Gasteiger partial charge in [-0.2, -0.15) is 0 Å². The van der Waals surface area contributed by atoms with E-state index in [1.807, 2.05) is 24.3 Å². The number of ether oxygens (including phenoxy) is 1. The molecule has 1 aromatic carbocycles. The summed E-state index contributed by atoms with van der Waals surface area (Å²) in [5, 5.41) is 6.54. The van der Waals surface area contributed by atoms with Gasteiger partial charge in [0.15, 0.2) is 0 Å². The first-order valence-electron chi connectivity index (χ1n) is 6.92. The molecule has 3 rings (SSSR count). The lowest BCUT2D eigenvalue weighted by molar-refractivity contribution is -0.124. The third-order valence-electron chi connectivity index (χ3n) is 4.15. The normalized spacial score (nSPS) is 24.4. The van der Waals surface area contributed by atoms with Crippen molar-refractivity contribution in [1.29, 1.82) is 0 Å². The van der Waals surface area contributed by atoms with Gasteiger partial charge in [0.1, 0.15) is 18.3 Å². The van der Waals surface area contributed by atoms with Crippen molar-refractivity contribution in [3.63, 3.8) is 0 Å². The van der Waals surface area contributed by atoms with Gasteiger partial charge in [-0.1, -0.05) is 18.2 Å². The molecule has 4 nitrogen and oxygen atoms in total. The molecule has 1 amide bonds. The Balaban J connectivity index is 1.72. The zero-order valence-electron chi connectivity index (χ0n) is 11.2. The largest absolute Gasteiger partial charge is 0.492 e. The Kier molecular flexibility index (Phi) is 3.19. The molecule has 102 valence electrons. The second kappa shape index (κ2) is 4.85. The molecule has 1 fully saturated rings. The number of amides is 1. The van der Waals surface area contributed by atoms with Gasteiger partial charge < -0.3 is 15.4 Å². The summed E-state index contributed by atoms with van der Waals surface area (Å²) in [6.07, 6.45) is 1.96. The van der Waals surface area contributed by atoms with Crippen LogP contribution in [-0.4, -0.2) is 31.1 Å². The second-order valence-electron chi connectivity index (χ2n) is 5.70. The summed E-state index contributed by atoms with van der Waals surface area (Å²) >= 11 is 0. The third kappa shape index (κ3) is 2.45. The molecule has 2 heterocycles. The van der Waals surface area contributed by atoms with Gasteiger partial charge in [0.05, 0.1) is 0 Å². The van der Waals surface area contributed by atoms with Gasteiger partial charge in [0.25, 0.3) is 0 Å². The third-order valence-corrected chi connectivity index (χ3v) is 4.15. The maximum atomic E-state index is 12.5. The first kappa shape index (κ1) is 12.5. The summed E-state index contributed by atoms with van der Waals surface area (Å²) in [6.45, 7) is 4.52. The number of nitrogens with one attached hydrogen (secondary N) is 2. The van der Waals surface area contributed by atoms with E-state index >= 15 is 0 Å². The van der Waals surface area contributed by atoms with E-state index in [0.717, 1.165) is 37.2 Å². The lowest BCUT2D eigenvalue weighted by Gasteiger charge is -2.35. The van der Waals surface area contributed by atoms with Gasteiger partial charge >= 0.3 is 0 Å². The molecule has 19 heavy (non-hydrogen) atoms. The predicted molar refractivity (Wildman–Crippen MR) is 73.3 cm³/mol. The van der Waals surface area contributed by atoms with E-state index < -0.39 is 0 Å². The molecule has 2 aliphatic heterocycles. The molecule has 4 heteroatoms. The molecule has 1 saturated heterocycles. The van der Waals surface area contributed by atoms with E-state index in [1.54, 1.807) is 0 Å². The Morgan fingerprint density at radius 2 is 2.11 bits per heavy atom. The molecule has 0 aromatic heterocycles. The number of fused-ring (bicyclic) bond motifs is 1. The Hall–Kier alpha value is -1.55. The van der Waals surface area contributed by atoms with Crippen LogP contribution < -0.4 is 15.4 Å². The topological polar surface area (TPSA) is 50.4 Å². The number of para-hydroxylation sites is 1. The van der Waals surface area contributed by atoms with Crippen molar-refractivity contribution in [2.24, 2.45) is 0 Å². The maximum Gasteiger partial charge on any atom is 0.231 e. The predicted octanol–water partition coefficient (Wildman–Crippen LogP) is 1.42. The molecule has 0 aliphatic carbocycles. The highest BCUT2D eigenvalue weighted by Gasteiger charge is 2.35. The number of benzene rings is 1. The van der Waals surface area contributed by atoms with Crippen LogP contribution in [0, 0.1) is 0 Å². The average molecular weight is 260 g/mol. The Morgan fingerprint density at radius 1 is 1.37 bits per heavy atom. The van der Waals surface area contributed by atoms with Crippen LogP contribution in [0.1, 0.15) is 31.2 Å². The standard InChI is InChI=1S/C15H20N2O2/c1-15(6-8-16-9-7-15)17-14(18)12-10-19-13-5-3-2-4-11(12)13/h2-5,12,16H,6-10H2,1H3,(H,17,18). The highest BCUT2D eigenvalue weighted by atomic mass is 16.5. The zero-order chi connectivity index (χ0) is 13.3. The number of carbonyl (C=O) groups excluding carboxylic acids is 1. The summed E-state index contributed by atoms with van der Waals surface area (Å²) in [5.74, 6) is 0.773. The fourth-order valence-corrected chi connectivity index (χ4v) is 2.87. The number of rotatable bonds is 2. The van der Waals surface area contributed by atoms with Crippen molar-refractivity contribution in [3.8, 4) is 5.75 Å². The van der Waals surface area contributed by atoms with Gasteiger partial charge in [-0.25, -0.2) is 0 Å². The highest BCUT2D eigenvalue weighted by Crippen LogP contribution is 2.34. The van der Waals surface area contributed by atoms with E-state index in [2.05, 4.69) is 17.6 Å². The van der Waals surface area contributed by atoms with E-state index in [4.69, 9.17) is 4.74 Å². The van der Waals surface area contributed by atoms with Gasteiger partial charge in [0.2, 0.25) is 5.91 Å². The highest BCUT2D eigenvalue weighted by molar-refractivity contribution is 5.86. The minimum Gasteiger partial charge on any atom is -0.492 e. The summed E-state index contributed by atoms with van der Waals surface area (Å²) in [4.78, 5) is 12.5. The Bertz CT molecular complexity index is 481. The monoisotopic (exact) mass is 260 g/mol. The molecule has 0 spiro atoms. The van der Waals surface area contributed by atoms with Crippen LogP contribution in [0.15, 0.2) is 24.3 Å². The molecule has 1 aromatic rings. The van der Waals surface area contributed by atoms with Gasteiger partial charge in [-0.3, -0.25) is 4.79 Å². The smallest absolute Gasteiger partial charge is 0.231 e. The van der Waals surface area contributed by atoms with Crippen LogP contribution in [0.2, 0.25) is 0 Å². The van der Waals surface area contributed by atoms with Crippen molar-refractivity contribution in [3.05, 3.63) is 29.8 Å². The lowest BCUT2D eigenvalue weighted by atomic mass is 9.89. The first-order valence-corrected chi connectivity index (χ1v) is 6.92. The molecule has 0 bridgehead atoms. The molecular weight excluding hydrogens is 240 g/mol. The first-order chi connectivity index (χ1) is 9.18. The Labute approximate surface area is 113 Å². The zero-order valence-corrected chi connectivity index (χ0v) is 11.2. The van der Waals surface area contributed by atoms with E-state index in [0.29, 0.717) is 6.61 Å². The minimum absolute atomic E-state index is 0.0835. The lowest BCUT2D eigenvalue weighted by Crippen LogP contribution is -2.53. The quantitative estimate of drug-likeness (QED) is 0.845. The van der Waals surface area contributed by atoms with Crippen molar-refractivity contribution in [2.45, 2.75) is 31.2 Å². The van der Waals surface area contributed by atoms with E-state index in [1.165, 1.54) is 0 Å². The van der Waals surface area contributed by atoms with Gasteiger partial charge in [-0.05, 0) is 38.9 Å². The molecule has 2 N–H and O–H groups in total. The van der Waals surface area contributed by atoms with Crippen molar-refractivity contribution >= 4 is 5.91 Å². The van der Waals surface area contributed by atoms with Crippen LogP contribution in [0.3, 0.4) is 0 Å². The van der Waals surface area contributed by atoms with Crippen molar-refractivity contribution in [2.75, 3.05) is 19.7 Å². The molecule has 0 saturated carbocycles. The van der Waals surface area contributed by atoms with E-state index in [9.17, 15) is 4.79 Å². The summed E-state index contributed by atoms with van der Waals surface area (Å²) in [7, 11) is 0.